The molecule has 3 rings (SSSR count). The van der Waals surface area contributed by atoms with Crippen molar-refractivity contribution < 1.29 is 9.47 Å². The van der Waals surface area contributed by atoms with Crippen LogP contribution in [0.2, 0.25) is 0 Å². The number of fused-ring (bicyclic) bond motifs is 1. The van der Waals surface area contributed by atoms with Gasteiger partial charge in [0.2, 0.25) is 0 Å². The maximum Gasteiger partial charge on any atom is 0.183 e. The van der Waals surface area contributed by atoms with Crippen LogP contribution in [0.15, 0.2) is 29.7 Å². The molecule has 7 heteroatoms. The highest BCUT2D eigenvalue weighted by atomic mass is 32.2. The van der Waals surface area contributed by atoms with E-state index in [1.165, 1.54) is 11.9 Å². The monoisotopic (exact) mass is 292 g/mol. The summed E-state index contributed by atoms with van der Waals surface area (Å²) in [6, 6.07) is 6.28. The summed E-state index contributed by atoms with van der Waals surface area (Å²) in [6.45, 7) is 1.22. The van der Waals surface area contributed by atoms with E-state index in [9.17, 15) is 0 Å². The molecule has 1 aliphatic rings. The molecular weight excluding hydrogens is 276 g/mol. The predicted octanol–water partition coefficient (Wildman–Crippen LogP) is 1.63. The third-order valence-corrected chi connectivity index (χ3v) is 4.07. The number of aromatic amines is 1. The number of benzene rings is 1. The first-order valence-corrected chi connectivity index (χ1v) is 7.40. The lowest BCUT2D eigenvalue weighted by Crippen LogP contribution is -2.20. The number of thioether (sulfide) groups is 1. The van der Waals surface area contributed by atoms with Gasteiger partial charge in [0, 0.05) is 11.8 Å². The van der Waals surface area contributed by atoms with Gasteiger partial charge in [0.1, 0.15) is 19.5 Å². The lowest BCUT2D eigenvalue weighted by molar-refractivity contribution is 0.171. The lowest BCUT2D eigenvalue weighted by Gasteiger charge is -2.21. The molecule has 0 fully saturated rings. The number of aromatic nitrogens is 3. The number of nitrogens with zero attached hydrogens (tertiary/aromatic N) is 2. The number of rotatable bonds is 5. The minimum atomic E-state index is 0.209. The first-order chi connectivity index (χ1) is 9.86. The Kier molecular flexibility index (Phi) is 4.08. The van der Waals surface area contributed by atoms with Gasteiger partial charge in [-0.1, -0.05) is 17.8 Å². The Bertz CT molecular complexity index is 562. The second kappa shape index (κ2) is 6.15. The highest BCUT2D eigenvalue weighted by Gasteiger charge is 2.16. The molecule has 106 valence electrons. The van der Waals surface area contributed by atoms with Crippen molar-refractivity contribution in [3.8, 4) is 11.5 Å². The van der Waals surface area contributed by atoms with Crippen LogP contribution >= 0.6 is 11.8 Å². The average molecular weight is 292 g/mol. The minimum Gasteiger partial charge on any atom is -0.486 e. The molecule has 1 atom stereocenters. The van der Waals surface area contributed by atoms with Crippen molar-refractivity contribution in [1.29, 1.82) is 0 Å². The Balaban J connectivity index is 1.71. The largest absolute Gasteiger partial charge is 0.486 e. The van der Waals surface area contributed by atoms with E-state index >= 15 is 0 Å². The zero-order chi connectivity index (χ0) is 13.8. The van der Waals surface area contributed by atoms with Gasteiger partial charge in [0.25, 0.3) is 0 Å². The van der Waals surface area contributed by atoms with Crippen LogP contribution in [0.4, 0.5) is 0 Å². The van der Waals surface area contributed by atoms with Gasteiger partial charge >= 0.3 is 0 Å². The Morgan fingerprint density at radius 3 is 2.95 bits per heavy atom. The maximum absolute atomic E-state index is 5.62. The van der Waals surface area contributed by atoms with E-state index in [0.29, 0.717) is 13.2 Å². The summed E-state index contributed by atoms with van der Waals surface area (Å²) < 4.78 is 11.2. The molecule has 1 unspecified atom stereocenters. The molecule has 1 aromatic heterocycles. The highest BCUT2D eigenvalue weighted by Crippen LogP contribution is 2.33. The topological polar surface area (TPSA) is 72.1 Å². The summed E-state index contributed by atoms with van der Waals surface area (Å²) in [6.07, 6.45) is 1.51. The number of hydrogen-bond acceptors (Lipinski definition) is 6. The van der Waals surface area contributed by atoms with Crippen LogP contribution in [-0.2, 0) is 0 Å². The molecule has 1 aliphatic heterocycles. The molecule has 0 aliphatic carbocycles. The normalized spacial score (nSPS) is 15.1. The second-order valence-corrected chi connectivity index (χ2v) is 5.35. The van der Waals surface area contributed by atoms with Crippen LogP contribution < -0.4 is 14.8 Å². The molecule has 0 saturated heterocycles. The van der Waals surface area contributed by atoms with Crippen LogP contribution in [0.1, 0.15) is 11.6 Å². The molecule has 0 saturated carbocycles. The summed E-state index contributed by atoms with van der Waals surface area (Å²) >= 11 is 1.63. The minimum absolute atomic E-state index is 0.209. The molecule has 2 aromatic rings. The molecule has 2 heterocycles. The maximum atomic E-state index is 5.62. The van der Waals surface area contributed by atoms with Crippen molar-refractivity contribution >= 4 is 11.8 Å². The third kappa shape index (κ3) is 2.88. The summed E-state index contributed by atoms with van der Waals surface area (Å²) in [4.78, 5) is 4.11. The SMILES string of the molecule is CNC(CSc1ncn[nH]1)c1ccc2c(c1)OCCO2. The van der Waals surface area contributed by atoms with Gasteiger partial charge in [-0.2, -0.15) is 5.10 Å². The van der Waals surface area contributed by atoms with Gasteiger partial charge in [-0.25, -0.2) is 4.98 Å². The van der Waals surface area contributed by atoms with Gasteiger partial charge in [-0.3, -0.25) is 5.10 Å². The molecule has 0 radical (unpaired) electrons. The van der Waals surface area contributed by atoms with E-state index in [-0.39, 0.29) is 6.04 Å². The van der Waals surface area contributed by atoms with E-state index in [4.69, 9.17) is 9.47 Å². The summed E-state index contributed by atoms with van der Waals surface area (Å²) in [7, 11) is 1.95. The molecule has 1 aromatic carbocycles. The van der Waals surface area contributed by atoms with Crippen molar-refractivity contribution in [1.82, 2.24) is 20.5 Å². The van der Waals surface area contributed by atoms with E-state index in [1.54, 1.807) is 11.8 Å². The van der Waals surface area contributed by atoms with Crippen molar-refractivity contribution in [2.45, 2.75) is 11.2 Å². The number of H-pyrrole nitrogens is 1. The van der Waals surface area contributed by atoms with Crippen molar-refractivity contribution in [2.75, 3.05) is 26.0 Å². The Morgan fingerprint density at radius 1 is 1.35 bits per heavy atom. The summed E-state index contributed by atoms with van der Waals surface area (Å²) in [5, 5.41) is 10.8. The molecular formula is C13H16N4O2S. The first kappa shape index (κ1) is 13.3. The number of nitrogens with one attached hydrogen (secondary N) is 2. The fourth-order valence-corrected chi connectivity index (χ4v) is 2.97. The fraction of sp³-hybridized carbons (Fsp3) is 0.385. The van der Waals surface area contributed by atoms with Gasteiger partial charge in [0.05, 0.1) is 0 Å². The van der Waals surface area contributed by atoms with Gasteiger partial charge < -0.3 is 14.8 Å². The Hall–Kier alpha value is -1.73. The third-order valence-electron chi connectivity index (χ3n) is 3.10. The van der Waals surface area contributed by atoms with Gasteiger partial charge in [-0.05, 0) is 24.7 Å². The van der Waals surface area contributed by atoms with Crippen molar-refractivity contribution in [3.05, 3.63) is 30.1 Å². The number of hydrogen-bond donors (Lipinski definition) is 2. The first-order valence-electron chi connectivity index (χ1n) is 6.42. The van der Waals surface area contributed by atoms with E-state index < -0.39 is 0 Å². The predicted molar refractivity (Wildman–Crippen MR) is 76.3 cm³/mol. The van der Waals surface area contributed by atoms with Crippen LogP contribution in [-0.4, -0.2) is 41.2 Å². The molecule has 20 heavy (non-hydrogen) atoms. The Labute approximate surface area is 121 Å². The molecule has 0 amide bonds. The van der Waals surface area contributed by atoms with Crippen LogP contribution in [0.3, 0.4) is 0 Å². The molecule has 2 N–H and O–H groups in total. The second-order valence-electron chi connectivity index (χ2n) is 4.35. The standard InChI is InChI=1S/C13H16N4O2S/c1-14-10(7-20-13-15-8-16-17-13)9-2-3-11-12(6-9)19-5-4-18-11/h2-3,6,8,10,14H,4-5,7H2,1H3,(H,15,16,17). The molecule has 6 nitrogen and oxygen atoms in total. The molecule has 0 bridgehead atoms. The zero-order valence-electron chi connectivity index (χ0n) is 11.1. The van der Waals surface area contributed by atoms with Gasteiger partial charge in [0.15, 0.2) is 16.7 Å². The van der Waals surface area contributed by atoms with Crippen LogP contribution in [0.5, 0.6) is 11.5 Å². The average Bonchev–Trinajstić information content (AvgIpc) is 3.01. The van der Waals surface area contributed by atoms with Crippen LogP contribution in [0, 0.1) is 0 Å². The van der Waals surface area contributed by atoms with Crippen molar-refractivity contribution in [2.24, 2.45) is 0 Å². The van der Waals surface area contributed by atoms with Crippen LogP contribution in [0.25, 0.3) is 0 Å². The summed E-state index contributed by atoms with van der Waals surface area (Å²) in [5.74, 6) is 2.49. The molecule has 0 spiro atoms. The lowest BCUT2D eigenvalue weighted by atomic mass is 10.1. The quantitative estimate of drug-likeness (QED) is 0.816. The number of ether oxygens (including phenoxy) is 2. The summed E-state index contributed by atoms with van der Waals surface area (Å²) in [5.41, 5.74) is 1.17. The van der Waals surface area contributed by atoms with E-state index in [1.807, 2.05) is 19.2 Å². The zero-order valence-corrected chi connectivity index (χ0v) is 11.9. The highest BCUT2D eigenvalue weighted by molar-refractivity contribution is 7.99. The van der Waals surface area contributed by atoms with Crippen molar-refractivity contribution in [3.63, 3.8) is 0 Å². The van der Waals surface area contributed by atoms with E-state index in [2.05, 4.69) is 26.6 Å². The Morgan fingerprint density at radius 2 is 2.20 bits per heavy atom. The smallest absolute Gasteiger partial charge is 0.183 e. The fourth-order valence-electron chi connectivity index (χ4n) is 2.05. The van der Waals surface area contributed by atoms with E-state index in [0.717, 1.165) is 22.4 Å². The van der Waals surface area contributed by atoms with Gasteiger partial charge in [-0.15, -0.1) is 0 Å².